The van der Waals surface area contributed by atoms with Gasteiger partial charge in [-0.1, -0.05) is 48.0 Å². The van der Waals surface area contributed by atoms with Crippen LogP contribution in [0.2, 0.25) is 0 Å². The molecule has 0 bridgehead atoms. The van der Waals surface area contributed by atoms with Crippen LogP contribution < -0.4 is 0 Å². The Morgan fingerprint density at radius 1 is 1.05 bits per heavy atom. The second kappa shape index (κ2) is 15.4. The van der Waals surface area contributed by atoms with Crippen LogP contribution >= 0.6 is 0 Å². The number of ether oxygens (including phenoxy) is 3. The second-order valence-electron chi connectivity index (χ2n) is 13.8. The lowest BCUT2D eigenvalue weighted by atomic mass is 9.78. The summed E-state index contributed by atoms with van der Waals surface area (Å²) in [4.78, 5) is 42.2. The SMILES string of the molecule is CCCC(C)C1CCC(C)C(O)(C(=O)C(=O)N2CCCCC2C(=O)OC(C(C)C)C(C)CC2CCC(O)C(OC)C2)O1. The third kappa shape index (κ3) is 8.13. The summed E-state index contributed by atoms with van der Waals surface area (Å²) in [6.07, 6.45) is 6.96. The highest BCUT2D eigenvalue weighted by molar-refractivity contribution is 6.39. The van der Waals surface area contributed by atoms with Crippen molar-refractivity contribution in [3.63, 3.8) is 0 Å². The van der Waals surface area contributed by atoms with E-state index < -0.39 is 41.5 Å². The summed E-state index contributed by atoms with van der Waals surface area (Å²) < 4.78 is 17.6. The van der Waals surface area contributed by atoms with Crippen LogP contribution in [-0.4, -0.2) is 82.7 Å². The number of likely N-dealkylation sites (tertiary alicyclic amines) is 1. The van der Waals surface area contributed by atoms with E-state index in [1.165, 1.54) is 4.90 Å². The van der Waals surface area contributed by atoms with Gasteiger partial charge in [-0.05, 0) is 87.9 Å². The lowest BCUT2D eigenvalue weighted by Gasteiger charge is -2.43. The van der Waals surface area contributed by atoms with Gasteiger partial charge in [-0.25, -0.2) is 4.79 Å². The molecule has 1 aliphatic carbocycles. The Hall–Kier alpha value is -1.55. The summed E-state index contributed by atoms with van der Waals surface area (Å²) in [6, 6.07) is -0.872. The van der Waals surface area contributed by atoms with Gasteiger partial charge in [-0.15, -0.1) is 0 Å². The number of carbonyl (C=O) groups is 3. The zero-order valence-electron chi connectivity index (χ0n) is 27.0. The minimum atomic E-state index is -2.20. The lowest BCUT2D eigenvalue weighted by Crippen LogP contribution is -2.61. The highest BCUT2D eigenvalue weighted by Crippen LogP contribution is 2.38. The third-order valence-electron chi connectivity index (χ3n) is 10.2. The molecule has 0 aromatic heterocycles. The van der Waals surface area contributed by atoms with E-state index in [9.17, 15) is 24.6 Å². The Morgan fingerprint density at radius 3 is 2.40 bits per heavy atom. The molecule has 10 unspecified atom stereocenters. The fraction of sp³-hybridized carbons (Fsp3) is 0.909. The van der Waals surface area contributed by atoms with Gasteiger partial charge in [0.2, 0.25) is 5.79 Å². The molecule has 3 rings (SSSR count). The number of aliphatic hydroxyl groups excluding tert-OH is 1. The Labute approximate surface area is 253 Å². The predicted octanol–water partition coefficient (Wildman–Crippen LogP) is 4.65. The van der Waals surface area contributed by atoms with E-state index in [-0.39, 0.29) is 42.6 Å². The standard InChI is InChI=1S/C33H57NO8/c1-8-11-21(4)27-16-13-23(6)33(39,42-27)30(36)31(37)34-17-10-9-12-25(34)32(38)41-29(20(2)3)22(5)18-24-14-15-26(35)28(19-24)40-7/h20-29,35,39H,8-19H2,1-7H3. The van der Waals surface area contributed by atoms with Crippen molar-refractivity contribution in [2.45, 2.75) is 148 Å². The van der Waals surface area contributed by atoms with Crippen molar-refractivity contribution in [1.82, 2.24) is 4.90 Å². The zero-order valence-corrected chi connectivity index (χ0v) is 27.0. The first kappa shape index (κ1) is 34.9. The van der Waals surface area contributed by atoms with E-state index in [2.05, 4.69) is 13.8 Å². The minimum Gasteiger partial charge on any atom is -0.460 e. The number of carbonyl (C=O) groups excluding carboxylic acids is 3. The molecule has 42 heavy (non-hydrogen) atoms. The van der Waals surface area contributed by atoms with E-state index in [0.29, 0.717) is 31.6 Å². The maximum Gasteiger partial charge on any atom is 0.329 e. The maximum absolute atomic E-state index is 13.7. The Morgan fingerprint density at radius 2 is 1.76 bits per heavy atom. The quantitative estimate of drug-likeness (QED) is 0.247. The molecule has 1 amide bonds. The summed E-state index contributed by atoms with van der Waals surface area (Å²) in [5.41, 5.74) is 0. The number of aliphatic hydroxyl groups is 2. The largest absolute Gasteiger partial charge is 0.460 e. The number of esters is 1. The van der Waals surface area contributed by atoms with Gasteiger partial charge in [-0.2, -0.15) is 0 Å². The molecule has 242 valence electrons. The van der Waals surface area contributed by atoms with Crippen molar-refractivity contribution in [1.29, 1.82) is 0 Å². The number of methoxy groups -OCH3 is 1. The van der Waals surface area contributed by atoms with Crippen LogP contribution in [0, 0.1) is 29.6 Å². The number of hydrogen-bond donors (Lipinski definition) is 2. The van der Waals surface area contributed by atoms with Gasteiger partial charge < -0.3 is 29.3 Å². The van der Waals surface area contributed by atoms with Gasteiger partial charge in [0, 0.05) is 19.6 Å². The molecule has 1 saturated carbocycles. The second-order valence-corrected chi connectivity index (χ2v) is 13.8. The van der Waals surface area contributed by atoms with Crippen molar-refractivity contribution in [3.05, 3.63) is 0 Å². The molecule has 0 radical (unpaired) electrons. The van der Waals surface area contributed by atoms with Crippen LogP contribution in [0.15, 0.2) is 0 Å². The van der Waals surface area contributed by atoms with E-state index in [0.717, 1.165) is 44.9 Å². The van der Waals surface area contributed by atoms with Crippen LogP contribution in [0.3, 0.4) is 0 Å². The molecule has 2 heterocycles. The van der Waals surface area contributed by atoms with Gasteiger partial charge in [0.25, 0.3) is 11.7 Å². The Kier molecular flexibility index (Phi) is 12.8. The van der Waals surface area contributed by atoms with Crippen LogP contribution in [0.5, 0.6) is 0 Å². The van der Waals surface area contributed by atoms with Gasteiger partial charge in [0.05, 0.1) is 18.3 Å². The molecule has 2 aliphatic heterocycles. The fourth-order valence-electron chi connectivity index (χ4n) is 7.48. The average molecular weight is 596 g/mol. The van der Waals surface area contributed by atoms with E-state index in [4.69, 9.17) is 14.2 Å². The normalized spacial score (nSPS) is 34.5. The topological polar surface area (TPSA) is 123 Å². The molecule has 9 nitrogen and oxygen atoms in total. The Bertz CT molecular complexity index is 910. The number of piperidine rings is 1. The maximum atomic E-state index is 13.7. The molecule has 0 aromatic carbocycles. The van der Waals surface area contributed by atoms with Crippen molar-refractivity contribution >= 4 is 17.7 Å². The highest BCUT2D eigenvalue weighted by Gasteiger charge is 2.53. The van der Waals surface area contributed by atoms with Crippen LogP contribution in [0.25, 0.3) is 0 Å². The summed E-state index contributed by atoms with van der Waals surface area (Å²) >= 11 is 0. The van der Waals surface area contributed by atoms with Crippen LogP contribution in [0.4, 0.5) is 0 Å². The first-order valence-electron chi connectivity index (χ1n) is 16.5. The van der Waals surface area contributed by atoms with E-state index in [1.807, 2.05) is 20.8 Å². The number of ketones is 1. The van der Waals surface area contributed by atoms with Crippen molar-refractivity contribution < 1.29 is 38.8 Å². The van der Waals surface area contributed by atoms with Gasteiger partial charge in [0.15, 0.2) is 0 Å². The number of rotatable bonds is 12. The van der Waals surface area contributed by atoms with Gasteiger partial charge in [0.1, 0.15) is 12.1 Å². The van der Waals surface area contributed by atoms with Crippen LogP contribution in [0.1, 0.15) is 112 Å². The fourth-order valence-corrected chi connectivity index (χ4v) is 7.48. The number of amides is 1. The summed E-state index contributed by atoms with van der Waals surface area (Å²) in [6.45, 7) is 12.3. The lowest BCUT2D eigenvalue weighted by molar-refractivity contribution is -0.270. The monoisotopic (exact) mass is 595 g/mol. The molecule has 2 saturated heterocycles. The molecular weight excluding hydrogens is 538 g/mol. The molecule has 3 fully saturated rings. The summed E-state index contributed by atoms with van der Waals surface area (Å²) in [5, 5.41) is 21.6. The molecule has 0 spiro atoms. The van der Waals surface area contributed by atoms with Gasteiger partial charge >= 0.3 is 5.97 Å². The molecular formula is C33H57NO8. The molecule has 10 atom stereocenters. The number of hydrogen-bond acceptors (Lipinski definition) is 8. The Balaban J connectivity index is 1.70. The van der Waals surface area contributed by atoms with Crippen molar-refractivity contribution in [2.24, 2.45) is 29.6 Å². The van der Waals surface area contributed by atoms with Crippen molar-refractivity contribution in [3.8, 4) is 0 Å². The number of Topliss-reactive ketones (excluding diaryl/α,β-unsaturated/α-hetero) is 1. The van der Waals surface area contributed by atoms with Crippen molar-refractivity contribution in [2.75, 3.05) is 13.7 Å². The summed E-state index contributed by atoms with van der Waals surface area (Å²) in [5.74, 6) is -4.42. The number of nitrogens with zero attached hydrogens (tertiary/aromatic N) is 1. The van der Waals surface area contributed by atoms with E-state index in [1.54, 1.807) is 14.0 Å². The predicted molar refractivity (Wildman–Crippen MR) is 159 cm³/mol. The molecule has 0 aromatic rings. The van der Waals surface area contributed by atoms with Crippen LogP contribution in [-0.2, 0) is 28.6 Å². The molecule has 3 aliphatic rings. The third-order valence-corrected chi connectivity index (χ3v) is 10.2. The molecule has 9 heteroatoms. The minimum absolute atomic E-state index is 0.0602. The first-order valence-corrected chi connectivity index (χ1v) is 16.5. The molecule has 2 N–H and O–H groups in total. The first-order chi connectivity index (χ1) is 19.8. The van der Waals surface area contributed by atoms with E-state index >= 15 is 0 Å². The smallest absolute Gasteiger partial charge is 0.329 e. The zero-order chi connectivity index (χ0) is 31.2. The average Bonchev–Trinajstić information content (AvgIpc) is 2.97. The summed E-state index contributed by atoms with van der Waals surface area (Å²) in [7, 11) is 1.63. The van der Waals surface area contributed by atoms with Gasteiger partial charge in [-0.3, -0.25) is 9.59 Å². The highest BCUT2D eigenvalue weighted by atomic mass is 16.6.